The molecule has 1 aliphatic rings. The van der Waals surface area contributed by atoms with E-state index in [1.807, 2.05) is 6.07 Å². The van der Waals surface area contributed by atoms with Gasteiger partial charge >= 0.3 is 0 Å². The van der Waals surface area contributed by atoms with E-state index in [0.717, 1.165) is 43.4 Å². The lowest BCUT2D eigenvalue weighted by Gasteiger charge is -2.32. The fourth-order valence-electron chi connectivity index (χ4n) is 2.78. The minimum atomic E-state index is 0.357. The molecule has 2 rings (SSSR count). The van der Waals surface area contributed by atoms with Gasteiger partial charge < -0.3 is 20.9 Å². The Kier molecular flexibility index (Phi) is 6.36. The van der Waals surface area contributed by atoms with Crippen LogP contribution < -0.4 is 20.9 Å². The molecule has 1 fully saturated rings. The van der Waals surface area contributed by atoms with E-state index in [1.54, 1.807) is 0 Å². The predicted octanol–water partition coefficient (Wildman–Crippen LogP) is 2.86. The molecule has 1 aromatic carbocycles. The van der Waals surface area contributed by atoms with Crippen LogP contribution in [0, 0.1) is 6.92 Å². The van der Waals surface area contributed by atoms with E-state index >= 15 is 0 Å². The van der Waals surface area contributed by atoms with Crippen molar-refractivity contribution in [2.45, 2.75) is 39.8 Å². The molecule has 0 radical (unpaired) electrons. The van der Waals surface area contributed by atoms with Crippen molar-refractivity contribution in [2.75, 3.05) is 42.9 Å². The van der Waals surface area contributed by atoms with Gasteiger partial charge in [0.2, 0.25) is 0 Å². The molecule has 4 nitrogen and oxygen atoms in total. The number of piperazine rings is 1. The van der Waals surface area contributed by atoms with Crippen molar-refractivity contribution < 1.29 is 0 Å². The number of benzene rings is 1. The normalized spacial score (nSPS) is 16.9. The largest absolute Gasteiger partial charge is 0.381 e. The van der Waals surface area contributed by atoms with Crippen LogP contribution in [0.5, 0.6) is 0 Å². The molecule has 0 spiro atoms. The Bertz CT molecular complexity index is 484. The zero-order chi connectivity index (χ0) is 16.1. The van der Waals surface area contributed by atoms with Gasteiger partial charge in [0.15, 0.2) is 0 Å². The summed E-state index contributed by atoms with van der Waals surface area (Å²) in [6.07, 6.45) is 0. The summed E-state index contributed by atoms with van der Waals surface area (Å²) >= 11 is 6.35. The van der Waals surface area contributed by atoms with Crippen LogP contribution in [-0.2, 0) is 0 Å². The maximum absolute atomic E-state index is 6.35. The highest BCUT2D eigenvalue weighted by Gasteiger charge is 2.16. The Balaban J connectivity index is 2.12. The summed E-state index contributed by atoms with van der Waals surface area (Å²) in [4.78, 5) is 2.42. The van der Waals surface area contributed by atoms with Crippen LogP contribution in [0.2, 0.25) is 5.02 Å². The Morgan fingerprint density at radius 1 is 1.23 bits per heavy atom. The van der Waals surface area contributed by atoms with E-state index in [4.69, 9.17) is 11.6 Å². The maximum Gasteiger partial charge on any atom is 0.0447 e. The van der Waals surface area contributed by atoms with E-state index < -0.39 is 0 Å². The van der Waals surface area contributed by atoms with Gasteiger partial charge in [0.05, 0.1) is 0 Å². The standard InChI is InChI=1S/C17H29ClN4/c1-12(2)20-11-13(3)21-16-9-15(18)10-17(14(16)4)22-7-5-19-6-8-22/h9-10,12-13,19-21H,5-8,11H2,1-4H3. The SMILES string of the molecule is Cc1c(NC(C)CNC(C)C)cc(Cl)cc1N1CCNCC1. The fraction of sp³-hybridized carbons (Fsp3) is 0.647. The molecule has 3 N–H and O–H groups in total. The van der Waals surface area contributed by atoms with Gasteiger partial charge in [-0.1, -0.05) is 25.4 Å². The third kappa shape index (κ3) is 4.77. The first-order valence-electron chi connectivity index (χ1n) is 8.23. The minimum Gasteiger partial charge on any atom is -0.381 e. The van der Waals surface area contributed by atoms with Crippen LogP contribution in [0.15, 0.2) is 12.1 Å². The molecule has 22 heavy (non-hydrogen) atoms. The van der Waals surface area contributed by atoms with E-state index in [0.29, 0.717) is 12.1 Å². The summed E-state index contributed by atoms with van der Waals surface area (Å²) < 4.78 is 0. The van der Waals surface area contributed by atoms with E-state index in [-0.39, 0.29) is 0 Å². The van der Waals surface area contributed by atoms with Crippen LogP contribution in [0.3, 0.4) is 0 Å². The quantitative estimate of drug-likeness (QED) is 0.752. The molecule has 5 heteroatoms. The topological polar surface area (TPSA) is 39.3 Å². The predicted molar refractivity (Wildman–Crippen MR) is 97.5 cm³/mol. The molecule has 124 valence electrons. The molecule has 0 bridgehead atoms. The minimum absolute atomic E-state index is 0.357. The van der Waals surface area contributed by atoms with Crippen molar-refractivity contribution in [3.05, 3.63) is 22.7 Å². The number of nitrogens with one attached hydrogen (secondary N) is 3. The van der Waals surface area contributed by atoms with Gasteiger partial charge in [-0.2, -0.15) is 0 Å². The second-order valence-electron chi connectivity index (χ2n) is 6.44. The third-order valence-electron chi connectivity index (χ3n) is 4.04. The Labute approximate surface area is 139 Å². The molecular weight excluding hydrogens is 296 g/mol. The summed E-state index contributed by atoms with van der Waals surface area (Å²) in [6, 6.07) is 4.98. The highest BCUT2D eigenvalue weighted by molar-refractivity contribution is 6.31. The first kappa shape index (κ1) is 17.4. The molecule has 1 unspecified atom stereocenters. The lowest BCUT2D eigenvalue weighted by molar-refractivity contribution is 0.559. The molecule has 1 aromatic rings. The van der Waals surface area contributed by atoms with E-state index in [9.17, 15) is 0 Å². The second-order valence-corrected chi connectivity index (χ2v) is 6.88. The Morgan fingerprint density at radius 3 is 2.55 bits per heavy atom. The van der Waals surface area contributed by atoms with Gasteiger partial charge in [-0.3, -0.25) is 0 Å². The van der Waals surface area contributed by atoms with Crippen LogP contribution >= 0.6 is 11.6 Å². The van der Waals surface area contributed by atoms with Gasteiger partial charge in [-0.25, -0.2) is 0 Å². The van der Waals surface area contributed by atoms with Gasteiger partial charge in [0, 0.05) is 61.2 Å². The lowest BCUT2D eigenvalue weighted by Crippen LogP contribution is -2.43. The number of anilines is 2. The molecule has 0 saturated carbocycles. The van der Waals surface area contributed by atoms with Crippen molar-refractivity contribution in [1.82, 2.24) is 10.6 Å². The average Bonchev–Trinajstić information content (AvgIpc) is 2.49. The first-order valence-corrected chi connectivity index (χ1v) is 8.61. The number of hydrogen-bond donors (Lipinski definition) is 3. The summed E-state index contributed by atoms with van der Waals surface area (Å²) in [7, 11) is 0. The van der Waals surface area contributed by atoms with Crippen molar-refractivity contribution >= 4 is 23.0 Å². The highest BCUT2D eigenvalue weighted by Crippen LogP contribution is 2.31. The number of halogens is 1. The van der Waals surface area contributed by atoms with Gasteiger partial charge in [-0.05, 0) is 31.5 Å². The van der Waals surface area contributed by atoms with Crippen molar-refractivity contribution in [2.24, 2.45) is 0 Å². The van der Waals surface area contributed by atoms with Gasteiger partial charge in [-0.15, -0.1) is 0 Å². The van der Waals surface area contributed by atoms with E-state index in [2.05, 4.69) is 54.6 Å². The first-order chi connectivity index (χ1) is 10.5. The van der Waals surface area contributed by atoms with Crippen LogP contribution in [0.4, 0.5) is 11.4 Å². The van der Waals surface area contributed by atoms with Crippen molar-refractivity contribution in [3.8, 4) is 0 Å². The number of nitrogens with zero attached hydrogens (tertiary/aromatic N) is 1. The zero-order valence-electron chi connectivity index (χ0n) is 14.2. The van der Waals surface area contributed by atoms with Gasteiger partial charge in [0.1, 0.15) is 0 Å². The van der Waals surface area contributed by atoms with Crippen LogP contribution in [0.25, 0.3) is 0 Å². The smallest absolute Gasteiger partial charge is 0.0447 e. The monoisotopic (exact) mass is 324 g/mol. The fourth-order valence-corrected chi connectivity index (χ4v) is 2.99. The molecule has 1 atom stereocenters. The molecule has 1 aliphatic heterocycles. The maximum atomic E-state index is 6.35. The van der Waals surface area contributed by atoms with Crippen LogP contribution in [0.1, 0.15) is 26.3 Å². The Morgan fingerprint density at radius 2 is 1.91 bits per heavy atom. The van der Waals surface area contributed by atoms with Gasteiger partial charge in [0.25, 0.3) is 0 Å². The molecule has 1 heterocycles. The summed E-state index contributed by atoms with van der Waals surface area (Å²) in [6.45, 7) is 13.8. The Hall–Kier alpha value is -0.970. The average molecular weight is 325 g/mol. The second kappa shape index (κ2) is 8.04. The third-order valence-corrected chi connectivity index (χ3v) is 4.26. The zero-order valence-corrected chi connectivity index (χ0v) is 14.9. The van der Waals surface area contributed by atoms with Crippen molar-refractivity contribution in [1.29, 1.82) is 0 Å². The highest BCUT2D eigenvalue weighted by atomic mass is 35.5. The molecule has 0 aromatic heterocycles. The molecular formula is C17H29ClN4. The number of rotatable bonds is 6. The number of hydrogen-bond acceptors (Lipinski definition) is 4. The molecule has 0 amide bonds. The summed E-state index contributed by atoms with van der Waals surface area (Å²) in [5, 5.41) is 11.3. The summed E-state index contributed by atoms with van der Waals surface area (Å²) in [5.74, 6) is 0. The van der Waals surface area contributed by atoms with Crippen molar-refractivity contribution in [3.63, 3.8) is 0 Å². The van der Waals surface area contributed by atoms with Crippen LogP contribution in [-0.4, -0.2) is 44.8 Å². The summed E-state index contributed by atoms with van der Waals surface area (Å²) in [5.41, 5.74) is 3.67. The molecule has 1 saturated heterocycles. The van der Waals surface area contributed by atoms with E-state index in [1.165, 1.54) is 11.3 Å². The lowest BCUT2D eigenvalue weighted by atomic mass is 10.1. The molecule has 0 aliphatic carbocycles.